The summed E-state index contributed by atoms with van der Waals surface area (Å²) in [5.41, 5.74) is 5.03. The molecule has 0 radical (unpaired) electrons. The molecule has 3 N–H and O–H groups in total. The first-order valence-corrected chi connectivity index (χ1v) is 3.13. The van der Waals surface area contributed by atoms with Crippen LogP contribution < -0.4 is 5.73 Å². The summed E-state index contributed by atoms with van der Waals surface area (Å²) in [6, 6.07) is 0. The van der Waals surface area contributed by atoms with E-state index in [2.05, 4.69) is 5.73 Å². The van der Waals surface area contributed by atoms with Crippen LogP contribution in [0.1, 0.15) is 25.7 Å². The largest absolute Gasteiger partial charge is 0.465 e. The first-order chi connectivity index (χ1) is 4.15. The van der Waals surface area contributed by atoms with Gasteiger partial charge in [0.2, 0.25) is 0 Å². The average Bonchev–Trinajstić information content (AvgIpc) is 2.49. The number of hydrogen-bond donors (Lipinski definition) is 2. The van der Waals surface area contributed by atoms with Crippen molar-refractivity contribution in [2.75, 3.05) is 0 Å². The van der Waals surface area contributed by atoms with E-state index in [1.54, 1.807) is 25.7 Å². The molecular formula is C6H11NO2. The maximum atomic E-state index is 8.78. The van der Waals surface area contributed by atoms with Gasteiger partial charge in [-0.3, -0.25) is 0 Å². The van der Waals surface area contributed by atoms with Gasteiger partial charge in [-0.05, 0) is 31.1 Å². The molecule has 9 heavy (non-hydrogen) atoms. The van der Waals surface area contributed by atoms with Gasteiger partial charge in [-0.1, -0.05) is 0 Å². The minimum absolute atomic E-state index is 1.00. The Morgan fingerprint density at radius 1 is 1.33 bits per heavy atom. The maximum absolute atomic E-state index is 8.78. The van der Waals surface area contributed by atoms with Crippen LogP contribution in [0.15, 0.2) is 0 Å². The maximum Gasteiger partial charge on any atom is 0.402 e. The lowest BCUT2D eigenvalue weighted by atomic mass is 10.5. The lowest BCUT2D eigenvalue weighted by Crippen LogP contribution is -2.03. The molecule has 0 atom stereocenters. The van der Waals surface area contributed by atoms with Crippen LogP contribution in [0, 0.1) is 5.41 Å². The standard InChI is InChI=1S/C5H8.CH3NO2/c1-2-5(1)3-4-5;2-1(3)4/h1-4H2;2H2,(H,3,4). The molecule has 2 saturated carbocycles. The molecule has 0 unspecified atom stereocenters. The van der Waals surface area contributed by atoms with E-state index in [1.165, 1.54) is 0 Å². The summed E-state index contributed by atoms with van der Waals surface area (Å²) in [5.74, 6) is 0. The van der Waals surface area contributed by atoms with Crippen molar-refractivity contribution in [3.63, 3.8) is 0 Å². The zero-order valence-corrected chi connectivity index (χ0v) is 5.26. The Hall–Kier alpha value is -0.730. The fourth-order valence-electron chi connectivity index (χ4n) is 0.854. The average molecular weight is 129 g/mol. The molecular weight excluding hydrogens is 118 g/mol. The van der Waals surface area contributed by atoms with Crippen LogP contribution in [0.5, 0.6) is 0 Å². The Bertz CT molecular complexity index is 108. The van der Waals surface area contributed by atoms with Crippen molar-refractivity contribution < 1.29 is 9.90 Å². The van der Waals surface area contributed by atoms with Crippen LogP contribution in [0.25, 0.3) is 0 Å². The van der Waals surface area contributed by atoms with Crippen molar-refractivity contribution in [3.05, 3.63) is 0 Å². The Morgan fingerprint density at radius 3 is 1.56 bits per heavy atom. The lowest BCUT2D eigenvalue weighted by Gasteiger charge is -1.61. The molecule has 2 rings (SSSR count). The van der Waals surface area contributed by atoms with Crippen LogP contribution in [0.3, 0.4) is 0 Å². The Balaban J connectivity index is 0.0000000945. The normalized spacial score (nSPS) is 24.0. The van der Waals surface area contributed by atoms with Gasteiger partial charge in [0.05, 0.1) is 0 Å². The Kier molecular flexibility index (Phi) is 1.35. The van der Waals surface area contributed by atoms with Gasteiger partial charge >= 0.3 is 6.09 Å². The highest BCUT2D eigenvalue weighted by Crippen LogP contribution is 2.65. The summed E-state index contributed by atoms with van der Waals surface area (Å²) in [6.45, 7) is 0. The molecule has 1 spiro atoms. The van der Waals surface area contributed by atoms with Crippen molar-refractivity contribution in [2.24, 2.45) is 11.1 Å². The monoisotopic (exact) mass is 129 g/mol. The highest BCUT2D eigenvalue weighted by Gasteiger charge is 2.52. The number of hydrogen-bond acceptors (Lipinski definition) is 1. The molecule has 1 amide bonds. The van der Waals surface area contributed by atoms with Gasteiger partial charge in [-0.25, -0.2) is 4.79 Å². The topological polar surface area (TPSA) is 63.3 Å². The van der Waals surface area contributed by atoms with Gasteiger partial charge in [0.25, 0.3) is 0 Å². The van der Waals surface area contributed by atoms with E-state index in [1.807, 2.05) is 0 Å². The molecule has 2 aliphatic carbocycles. The van der Waals surface area contributed by atoms with E-state index in [0.717, 1.165) is 5.41 Å². The van der Waals surface area contributed by atoms with Gasteiger partial charge in [0.15, 0.2) is 0 Å². The van der Waals surface area contributed by atoms with Gasteiger partial charge < -0.3 is 10.8 Å². The number of amides is 1. The quantitative estimate of drug-likeness (QED) is 0.516. The van der Waals surface area contributed by atoms with Crippen LogP contribution in [-0.4, -0.2) is 11.2 Å². The summed E-state index contributed by atoms with van der Waals surface area (Å²) in [7, 11) is 0. The number of carbonyl (C=O) groups is 1. The second-order valence-electron chi connectivity index (χ2n) is 2.84. The Morgan fingerprint density at radius 2 is 1.56 bits per heavy atom. The predicted molar refractivity (Wildman–Crippen MR) is 33.1 cm³/mol. The molecule has 0 heterocycles. The van der Waals surface area contributed by atoms with E-state index in [0.29, 0.717) is 0 Å². The third-order valence-corrected chi connectivity index (χ3v) is 1.91. The summed E-state index contributed by atoms with van der Waals surface area (Å²) < 4.78 is 0. The molecule has 0 bridgehead atoms. The summed E-state index contributed by atoms with van der Waals surface area (Å²) >= 11 is 0. The molecule has 52 valence electrons. The molecule has 0 aromatic heterocycles. The fraction of sp³-hybridized carbons (Fsp3) is 0.833. The van der Waals surface area contributed by atoms with Gasteiger partial charge in [-0.2, -0.15) is 0 Å². The molecule has 0 aromatic carbocycles. The number of rotatable bonds is 0. The lowest BCUT2D eigenvalue weighted by molar-refractivity contribution is 0.205. The number of carboxylic acid groups (broad SMARTS) is 1. The molecule has 2 fully saturated rings. The first kappa shape index (κ1) is 6.39. The van der Waals surface area contributed by atoms with Crippen molar-refractivity contribution in [1.29, 1.82) is 0 Å². The SMILES string of the molecule is C1CC12CC2.NC(=O)O. The highest BCUT2D eigenvalue weighted by molar-refractivity contribution is 5.61. The summed E-state index contributed by atoms with van der Waals surface area (Å²) in [6.07, 6.45) is 4.92. The molecule has 0 aromatic rings. The van der Waals surface area contributed by atoms with E-state index in [4.69, 9.17) is 9.90 Å². The smallest absolute Gasteiger partial charge is 0.402 e. The molecule has 3 heteroatoms. The summed E-state index contributed by atoms with van der Waals surface area (Å²) in [4.78, 5) is 8.78. The van der Waals surface area contributed by atoms with E-state index in [9.17, 15) is 0 Å². The predicted octanol–water partition coefficient (Wildman–Crippen LogP) is 1.18. The fourth-order valence-corrected chi connectivity index (χ4v) is 0.854. The van der Waals surface area contributed by atoms with Gasteiger partial charge in [-0.15, -0.1) is 0 Å². The van der Waals surface area contributed by atoms with Crippen LogP contribution in [-0.2, 0) is 0 Å². The molecule has 0 aliphatic heterocycles. The molecule has 3 nitrogen and oxygen atoms in total. The van der Waals surface area contributed by atoms with Crippen molar-refractivity contribution in [3.8, 4) is 0 Å². The van der Waals surface area contributed by atoms with Gasteiger partial charge in [0.1, 0.15) is 0 Å². The highest BCUT2D eigenvalue weighted by atomic mass is 16.4. The molecule has 2 aliphatic rings. The first-order valence-electron chi connectivity index (χ1n) is 3.13. The minimum atomic E-state index is -1.33. The van der Waals surface area contributed by atoms with E-state index in [-0.39, 0.29) is 0 Å². The second kappa shape index (κ2) is 1.90. The third-order valence-electron chi connectivity index (χ3n) is 1.91. The van der Waals surface area contributed by atoms with Crippen LogP contribution in [0.2, 0.25) is 0 Å². The second-order valence-corrected chi connectivity index (χ2v) is 2.84. The third kappa shape index (κ3) is 2.35. The zero-order chi connectivity index (χ0) is 6.91. The number of primary amides is 1. The van der Waals surface area contributed by atoms with E-state index < -0.39 is 6.09 Å². The van der Waals surface area contributed by atoms with Crippen molar-refractivity contribution in [1.82, 2.24) is 0 Å². The van der Waals surface area contributed by atoms with Crippen LogP contribution in [0.4, 0.5) is 4.79 Å². The Labute approximate surface area is 53.9 Å². The zero-order valence-electron chi connectivity index (χ0n) is 5.26. The number of nitrogens with two attached hydrogens (primary N) is 1. The van der Waals surface area contributed by atoms with Crippen LogP contribution >= 0.6 is 0 Å². The molecule has 0 saturated heterocycles. The van der Waals surface area contributed by atoms with Crippen molar-refractivity contribution in [2.45, 2.75) is 25.7 Å². The van der Waals surface area contributed by atoms with Crippen molar-refractivity contribution >= 4 is 6.09 Å². The summed E-state index contributed by atoms with van der Waals surface area (Å²) in [5, 5.41) is 7.19. The minimum Gasteiger partial charge on any atom is -0.465 e. The van der Waals surface area contributed by atoms with Gasteiger partial charge in [0, 0.05) is 0 Å². The van der Waals surface area contributed by atoms with E-state index >= 15 is 0 Å².